The van der Waals surface area contributed by atoms with E-state index in [1.807, 2.05) is 75.1 Å². The van der Waals surface area contributed by atoms with Crippen LogP contribution in [0.1, 0.15) is 43.6 Å². The van der Waals surface area contributed by atoms with Gasteiger partial charge in [-0.15, -0.1) is 0 Å². The van der Waals surface area contributed by atoms with Gasteiger partial charge in [0.25, 0.3) is 5.91 Å². The van der Waals surface area contributed by atoms with Crippen molar-refractivity contribution in [3.8, 4) is 5.75 Å². The number of hydrogen-bond acceptors (Lipinski definition) is 5. The summed E-state index contributed by atoms with van der Waals surface area (Å²) in [6, 6.07) is 15.5. The molecule has 0 spiro atoms. The second-order valence-corrected chi connectivity index (χ2v) is 9.02. The molecule has 0 atom stereocenters. The van der Waals surface area contributed by atoms with Crippen LogP contribution in [0.5, 0.6) is 5.75 Å². The Hall–Kier alpha value is -2.35. The second kappa shape index (κ2) is 8.65. The maximum Gasteiger partial charge on any atom is 0.498 e. The first-order valence-corrected chi connectivity index (χ1v) is 10.8. The molecule has 0 radical (unpaired) electrons. The Bertz CT molecular complexity index is 909. The number of carbonyl (C=O) groups is 1. The van der Waals surface area contributed by atoms with Gasteiger partial charge in [0.2, 0.25) is 0 Å². The summed E-state index contributed by atoms with van der Waals surface area (Å²) in [7, 11) is -0.566. The van der Waals surface area contributed by atoms with Gasteiger partial charge >= 0.3 is 7.12 Å². The highest BCUT2D eigenvalue weighted by atomic mass is 16.7. The monoisotopic (exact) mass is 423 g/mol. The van der Waals surface area contributed by atoms with E-state index in [0.29, 0.717) is 44.2 Å². The van der Waals surface area contributed by atoms with Crippen molar-refractivity contribution < 1.29 is 23.6 Å². The molecule has 0 N–H and O–H groups in total. The van der Waals surface area contributed by atoms with Crippen molar-refractivity contribution in [2.45, 2.75) is 45.5 Å². The minimum atomic E-state index is -0.566. The van der Waals surface area contributed by atoms with Crippen molar-refractivity contribution in [1.82, 2.24) is 4.90 Å². The van der Waals surface area contributed by atoms with Crippen LogP contribution in [0.15, 0.2) is 48.5 Å². The highest BCUT2D eigenvalue weighted by Crippen LogP contribution is 2.37. The van der Waals surface area contributed by atoms with Gasteiger partial charge in [0.15, 0.2) is 0 Å². The average molecular weight is 423 g/mol. The van der Waals surface area contributed by atoms with E-state index < -0.39 is 18.3 Å². The summed E-state index contributed by atoms with van der Waals surface area (Å²) in [5.74, 6) is 0.579. The Labute approximate surface area is 184 Å². The molecule has 164 valence electrons. The summed E-state index contributed by atoms with van der Waals surface area (Å²) in [5.41, 5.74) is 1.50. The van der Waals surface area contributed by atoms with Gasteiger partial charge < -0.3 is 23.7 Å². The van der Waals surface area contributed by atoms with Crippen LogP contribution in [-0.2, 0) is 20.7 Å². The molecule has 0 aliphatic carbocycles. The van der Waals surface area contributed by atoms with Crippen LogP contribution in [0.3, 0.4) is 0 Å². The van der Waals surface area contributed by atoms with Crippen LogP contribution < -0.4 is 10.2 Å². The van der Waals surface area contributed by atoms with Crippen molar-refractivity contribution in [3.63, 3.8) is 0 Å². The normalized spacial score (nSPS) is 20.0. The minimum absolute atomic E-state index is 0.0201. The van der Waals surface area contributed by atoms with Crippen LogP contribution in [0.4, 0.5) is 0 Å². The number of morpholine rings is 1. The molecular weight excluding hydrogens is 393 g/mol. The molecule has 2 aliphatic heterocycles. The molecule has 2 aliphatic rings. The van der Waals surface area contributed by atoms with Gasteiger partial charge in [-0.25, -0.2) is 0 Å². The molecule has 2 aromatic carbocycles. The summed E-state index contributed by atoms with van der Waals surface area (Å²) in [4.78, 5) is 14.8. The van der Waals surface area contributed by atoms with Crippen LogP contribution in [0.25, 0.3) is 0 Å². The lowest BCUT2D eigenvalue weighted by Gasteiger charge is -2.32. The highest BCUT2D eigenvalue weighted by molar-refractivity contribution is 6.63. The van der Waals surface area contributed by atoms with E-state index >= 15 is 0 Å². The summed E-state index contributed by atoms with van der Waals surface area (Å²) in [5, 5.41) is 0. The first-order valence-electron chi connectivity index (χ1n) is 10.8. The molecule has 6 nitrogen and oxygen atoms in total. The first-order chi connectivity index (χ1) is 14.8. The lowest BCUT2D eigenvalue weighted by atomic mass is 9.78. The maximum absolute atomic E-state index is 13.0. The number of benzene rings is 2. The fourth-order valence-corrected chi connectivity index (χ4v) is 3.64. The van der Waals surface area contributed by atoms with Crippen molar-refractivity contribution in [3.05, 3.63) is 59.7 Å². The summed E-state index contributed by atoms with van der Waals surface area (Å²) in [6.45, 7) is 10.8. The van der Waals surface area contributed by atoms with Gasteiger partial charge in [0.1, 0.15) is 12.4 Å². The molecule has 2 fully saturated rings. The van der Waals surface area contributed by atoms with E-state index in [-0.39, 0.29) is 5.91 Å². The Balaban J connectivity index is 1.62. The molecule has 31 heavy (non-hydrogen) atoms. The standard InChI is InChI=1S/C24H30BNO5/c1-23(2)24(3,4)31-25(30-23)20-11-10-19(22(27)26-12-14-28-15-13-26)16-21(20)29-17-18-8-6-5-7-9-18/h5-11,16H,12-15,17H2,1-4H3. The van der Waals surface area contributed by atoms with Crippen molar-refractivity contribution in [1.29, 1.82) is 0 Å². The largest absolute Gasteiger partial charge is 0.498 e. The first kappa shape index (κ1) is 21.9. The van der Waals surface area contributed by atoms with Crippen LogP contribution >= 0.6 is 0 Å². The highest BCUT2D eigenvalue weighted by Gasteiger charge is 2.52. The molecule has 0 aromatic heterocycles. The molecule has 0 unspecified atom stereocenters. The predicted molar refractivity (Wildman–Crippen MR) is 120 cm³/mol. The average Bonchev–Trinajstić information content (AvgIpc) is 2.99. The Morgan fingerprint density at radius 3 is 2.29 bits per heavy atom. The molecule has 2 heterocycles. The van der Waals surface area contributed by atoms with Gasteiger partial charge in [-0.3, -0.25) is 4.79 Å². The fourth-order valence-electron chi connectivity index (χ4n) is 3.64. The maximum atomic E-state index is 13.0. The third-order valence-corrected chi connectivity index (χ3v) is 6.30. The number of ether oxygens (including phenoxy) is 2. The zero-order valence-electron chi connectivity index (χ0n) is 18.7. The third-order valence-electron chi connectivity index (χ3n) is 6.30. The molecule has 0 bridgehead atoms. The number of rotatable bonds is 5. The van der Waals surface area contributed by atoms with Crippen LogP contribution in [0, 0.1) is 0 Å². The van der Waals surface area contributed by atoms with Gasteiger partial charge in [-0.2, -0.15) is 0 Å². The Morgan fingerprint density at radius 2 is 1.65 bits per heavy atom. The molecule has 2 saturated heterocycles. The zero-order chi connectivity index (χ0) is 22.1. The van der Waals surface area contributed by atoms with Crippen molar-refractivity contribution in [2.24, 2.45) is 0 Å². The van der Waals surface area contributed by atoms with E-state index in [1.54, 1.807) is 6.07 Å². The van der Waals surface area contributed by atoms with Gasteiger partial charge in [0, 0.05) is 24.1 Å². The molecule has 4 rings (SSSR count). The lowest BCUT2D eigenvalue weighted by molar-refractivity contribution is 0.00578. The number of nitrogens with zero attached hydrogens (tertiary/aromatic N) is 1. The number of amides is 1. The molecular formula is C24H30BNO5. The summed E-state index contributed by atoms with van der Waals surface area (Å²) >= 11 is 0. The summed E-state index contributed by atoms with van der Waals surface area (Å²) < 4.78 is 24.1. The van der Waals surface area contributed by atoms with Crippen LogP contribution in [-0.4, -0.2) is 55.4 Å². The third kappa shape index (κ3) is 4.64. The lowest BCUT2D eigenvalue weighted by Crippen LogP contribution is -2.41. The van der Waals surface area contributed by atoms with E-state index in [4.69, 9.17) is 18.8 Å². The van der Waals surface area contributed by atoms with Crippen LogP contribution in [0.2, 0.25) is 0 Å². The zero-order valence-corrected chi connectivity index (χ0v) is 18.7. The minimum Gasteiger partial charge on any atom is -0.489 e. The smallest absolute Gasteiger partial charge is 0.489 e. The summed E-state index contributed by atoms with van der Waals surface area (Å²) in [6.07, 6.45) is 0. The fraction of sp³-hybridized carbons (Fsp3) is 0.458. The topological polar surface area (TPSA) is 57.2 Å². The van der Waals surface area contributed by atoms with E-state index in [2.05, 4.69) is 0 Å². The predicted octanol–water partition coefficient (Wildman–Crippen LogP) is 3.04. The molecule has 1 amide bonds. The van der Waals surface area contributed by atoms with Gasteiger partial charge in [-0.1, -0.05) is 36.4 Å². The SMILES string of the molecule is CC1(C)OB(c2ccc(C(=O)N3CCOCC3)cc2OCc2ccccc2)OC1(C)C. The molecule has 7 heteroatoms. The Morgan fingerprint density at radius 1 is 1.00 bits per heavy atom. The molecule has 0 saturated carbocycles. The van der Waals surface area contributed by atoms with E-state index in [0.717, 1.165) is 11.0 Å². The number of carbonyl (C=O) groups excluding carboxylic acids is 1. The van der Waals surface area contributed by atoms with Crippen molar-refractivity contribution in [2.75, 3.05) is 26.3 Å². The van der Waals surface area contributed by atoms with Gasteiger partial charge in [0.05, 0.1) is 24.4 Å². The molecule has 2 aromatic rings. The van der Waals surface area contributed by atoms with Crippen molar-refractivity contribution >= 4 is 18.5 Å². The Kier molecular flexibility index (Phi) is 6.10. The van der Waals surface area contributed by atoms with E-state index in [9.17, 15) is 4.79 Å². The van der Waals surface area contributed by atoms with Gasteiger partial charge in [-0.05, 0) is 45.4 Å². The van der Waals surface area contributed by atoms with E-state index in [1.165, 1.54) is 0 Å². The second-order valence-electron chi connectivity index (χ2n) is 9.02. The quantitative estimate of drug-likeness (QED) is 0.693. The number of hydrogen-bond donors (Lipinski definition) is 0.